The molecule has 0 bridgehead atoms. The highest BCUT2D eigenvalue weighted by atomic mass is 16.6. The van der Waals surface area contributed by atoms with Crippen molar-refractivity contribution in [1.82, 2.24) is 0 Å². The van der Waals surface area contributed by atoms with Crippen molar-refractivity contribution in [3.05, 3.63) is 151 Å². The molecule has 5 saturated heterocycles. The van der Waals surface area contributed by atoms with Crippen LogP contribution < -0.4 is 23.7 Å². The Hall–Kier alpha value is -5.54. The second kappa shape index (κ2) is 27.5. The third kappa shape index (κ3) is 22.4. The van der Waals surface area contributed by atoms with Crippen LogP contribution in [0.3, 0.4) is 0 Å². The highest BCUT2D eigenvalue weighted by Crippen LogP contribution is 2.22. The Balaban J connectivity index is 0.000000148. The Morgan fingerprint density at radius 1 is 0.349 bits per heavy atom. The Kier molecular flexibility index (Phi) is 21.2. The van der Waals surface area contributed by atoms with Gasteiger partial charge in [0.15, 0.2) is 0 Å². The lowest BCUT2D eigenvalue weighted by atomic mass is 10.0. The van der Waals surface area contributed by atoms with Crippen molar-refractivity contribution in [2.75, 3.05) is 66.1 Å². The molecule has 63 heavy (non-hydrogen) atoms. The van der Waals surface area contributed by atoms with Gasteiger partial charge in [-0.1, -0.05) is 107 Å². The standard InChI is InChI=1S/2C12H16O2.3C9H10O2.C2H2/c2*1-9(2)10-3-5-11(6-4-10)13-7-12-8-14-12;3*1-2-4-8(5-3-1)10-6-9-7-11-9;1-2/h2*3-6,9,12H,7-8H2,1-2H3;3*1-5,9H,6-7H2;1-2H. The van der Waals surface area contributed by atoms with Crippen molar-refractivity contribution < 1.29 is 47.4 Å². The van der Waals surface area contributed by atoms with E-state index in [1.807, 2.05) is 115 Å². The molecular weight excluding hydrogens is 797 g/mol. The summed E-state index contributed by atoms with van der Waals surface area (Å²) in [7, 11) is 0. The van der Waals surface area contributed by atoms with E-state index in [9.17, 15) is 0 Å². The van der Waals surface area contributed by atoms with Gasteiger partial charge in [-0.05, 0) is 83.6 Å². The van der Waals surface area contributed by atoms with Gasteiger partial charge < -0.3 is 47.4 Å². The monoisotopic (exact) mass is 860 g/mol. The number of para-hydroxylation sites is 3. The zero-order valence-electron chi connectivity index (χ0n) is 37.1. The van der Waals surface area contributed by atoms with E-state index in [4.69, 9.17) is 47.4 Å². The highest BCUT2D eigenvalue weighted by Gasteiger charge is 2.25. The van der Waals surface area contributed by atoms with E-state index in [1.165, 1.54) is 11.1 Å². The second-order valence-corrected chi connectivity index (χ2v) is 15.7. The van der Waals surface area contributed by atoms with E-state index in [0.717, 1.165) is 61.8 Å². The smallest absolute Gasteiger partial charge is 0.119 e. The topological polar surface area (TPSA) is 109 Å². The van der Waals surface area contributed by atoms with Crippen LogP contribution in [0.25, 0.3) is 0 Å². The number of benzene rings is 5. The van der Waals surface area contributed by atoms with Gasteiger partial charge in [0.25, 0.3) is 0 Å². The second-order valence-electron chi connectivity index (χ2n) is 15.7. The number of terminal acetylenes is 1. The quantitative estimate of drug-likeness (QED) is 0.0663. The first-order valence-electron chi connectivity index (χ1n) is 21.8. The summed E-state index contributed by atoms with van der Waals surface area (Å²) < 4.78 is 52.4. The van der Waals surface area contributed by atoms with Gasteiger partial charge in [0.1, 0.15) is 92.3 Å². The first-order chi connectivity index (χ1) is 30.9. The van der Waals surface area contributed by atoms with Crippen LogP contribution >= 0.6 is 0 Å². The van der Waals surface area contributed by atoms with Gasteiger partial charge in [0, 0.05) is 0 Å². The van der Waals surface area contributed by atoms with Gasteiger partial charge in [0.2, 0.25) is 0 Å². The van der Waals surface area contributed by atoms with Crippen molar-refractivity contribution in [1.29, 1.82) is 0 Å². The van der Waals surface area contributed by atoms with Gasteiger partial charge in [-0.2, -0.15) is 0 Å². The first kappa shape index (κ1) is 48.5. The van der Waals surface area contributed by atoms with Crippen LogP contribution in [0, 0.1) is 12.8 Å². The molecule has 10 rings (SSSR count). The number of rotatable bonds is 17. The molecule has 5 fully saturated rings. The number of hydrogen-bond donors (Lipinski definition) is 0. The summed E-state index contributed by atoms with van der Waals surface area (Å²) in [6.45, 7) is 16.4. The van der Waals surface area contributed by atoms with Gasteiger partial charge in [-0.3, -0.25) is 0 Å². The van der Waals surface area contributed by atoms with E-state index in [1.54, 1.807) is 0 Å². The molecule has 5 atom stereocenters. The van der Waals surface area contributed by atoms with Crippen molar-refractivity contribution in [2.45, 2.75) is 70.1 Å². The Morgan fingerprint density at radius 3 is 0.714 bits per heavy atom. The molecule has 0 N–H and O–H groups in total. The maximum Gasteiger partial charge on any atom is 0.119 e. The van der Waals surface area contributed by atoms with Crippen LogP contribution in [0.1, 0.15) is 50.7 Å². The van der Waals surface area contributed by atoms with Gasteiger partial charge in [-0.15, -0.1) is 12.8 Å². The van der Waals surface area contributed by atoms with E-state index in [-0.39, 0.29) is 0 Å². The van der Waals surface area contributed by atoms with Crippen LogP contribution in [-0.2, 0) is 23.7 Å². The minimum atomic E-state index is 0.333. The predicted molar refractivity (Wildman–Crippen MR) is 246 cm³/mol. The largest absolute Gasteiger partial charge is 0.491 e. The van der Waals surface area contributed by atoms with Gasteiger partial charge in [0.05, 0.1) is 33.0 Å². The third-order valence-corrected chi connectivity index (χ3v) is 9.51. The summed E-state index contributed by atoms with van der Waals surface area (Å²) >= 11 is 0. The Bertz CT molecular complexity index is 1730. The molecule has 5 unspecified atom stereocenters. The molecule has 5 aliphatic rings. The van der Waals surface area contributed by atoms with E-state index < -0.39 is 0 Å². The Morgan fingerprint density at radius 2 is 0.540 bits per heavy atom. The fraction of sp³-hybridized carbons (Fsp3) is 0.396. The van der Waals surface area contributed by atoms with Crippen LogP contribution in [0.5, 0.6) is 28.7 Å². The highest BCUT2D eigenvalue weighted by molar-refractivity contribution is 5.30. The van der Waals surface area contributed by atoms with Crippen molar-refractivity contribution in [3.63, 3.8) is 0 Å². The number of hydrogen-bond acceptors (Lipinski definition) is 10. The molecule has 5 aliphatic heterocycles. The fourth-order valence-electron chi connectivity index (χ4n) is 5.22. The van der Waals surface area contributed by atoms with E-state index in [2.05, 4.69) is 64.8 Å². The van der Waals surface area contributed by atoms with Gasteiger partial charge >= 0.3 is 0 Å². The maximum atomic E-state index is 5.54. The molecule has 10 heteroatoms. The van der Waals surface area contributed by atoms with Crippen LogP contribution in [0.4, 0.5) is 0 Å². The maximum absolute atomic E-state index is 5.54. The predicted octanol–water partition coefficient (Wildman–Crippen LogP) is 9.82. The summed E-state index contributed by atoms with van der Waals surface area (Å²) in [5, 5.41) is 0. The molecule has 5 heterocycles. The summed E-state index contributed by atoms with van der Waals surface area (Å²) in [6, 6.07) is 45.9. The van der Waals surface area contributed by atoms with Crippen molar-refractivity contribution in [3.8, 4) is 41.6 Å². The zero-order valence-corrected chi connectivity index (χ0v) is 37.1. The average molecular weight is 861 g/mol. The van der Waals surface area contributed by atoms with E-state index in [0.29, 0.717) is 75.4 Å². The molecule has 336 valence electrons. The normalized spacial score (nSPS) is 20.0. The van der Waals surface area contributed by atoms with Crippen LogP contribution in [0.2, 0.25) is 0 Å². The molecule has 10 nitrogen and oxygen atoms in total. The average Bonchev–Trinajstić information content (AvgIpc) is 4.13. The SMILES string of the molecule is C#C.CC(C)c1ccc(OCC2CO2)cc1.CC(C)c1ccc(OCC2CO2)cc1.c1ccc(OCC2CO2)cc1.c1ccc(OCC2CO2)cc1.c1ccc(OCC2CO2)cc1. The summed E-state index contributed by atoms with van der Waals surface area (Å²) in [5.41, 5.74) is 2.69. The zero-order chi connectivity index (χ0) is 44.5. The minimum Gasteiger partial charge on any atom is -0.491 e. The molecule has 0 amide bonds. The van der Waals surface area contributed by atoms with Crippen LogP contribution in [-0.4, -0.2) is 96.6 Å². The van der Waals surface area contributed by atoms with E-state index >= 15 is 0 Å². The molecule has 5 aromatic carbocycles. The molecule has 0 saturated carbocycles. The number of ether oxygens (including phenoxy) is 10. The first-order valence-corrected chi connectivity index (χ1v) is 21.8. The minimum absolute atomic E-state index is 0.333. The summed E-state index contributed by atoms with van der Waals surface area (Å²) in [4.78, 5) is 0. The lowest BCUT2D eigenvalue weighted by molar-refractivity contribution is 0.263. The molecule has 0 radical (unpaired) electrons. The lowest BCUT2D eigenvalue weighted by Crippen LogP contribution is -2.03. The van der Waals surface area contributed by atoms with Crippen molar-refractivity contribution in [2.24, 2.45) is 0 Å². The number of epoxide rings is 5. The van der Waals surface area contributed by atoms with Crippen LogP contribution in [0.15, 0.2) is 140 Å². The molecule has 0 aliphatic carbocycles. The molecular formula is C53H64O10. The summed E-state index contributed by atoms with van der Waals surface area (Å²) in [6.07, 6.45) is 9.69. The Labute approximate surface area is 374 Å². The molecule has 0 aromatic heterocycles. The third-order valence-electron chi connectivity index (χ3n) is 9.51. The fourth-order valence-corrected chi connectivity index (χ4v) is 5.22. The van der Waals surface area contributed by atoms with Gasteiger partial charge in [-0.25, -0.2) is 0 Å². The summed E-state index contributed by atoms with van der Waals surface area (Å²) in [5.74, 6) is 5.79. The lowest BCUT2D eigenvalue weighted by Gasteiger charge is -2.07. The molecule has 5 aromatic rings. The molecule has 0 spiro atoms. The van der Waals surface area contributed by atoms with Crippen molar-refractivity contribution >= 4 is 0 Å².